The predicted molar refractivity (Wildman–Crippen MR) is 114 cm³/mol. The van der Waals surface area contributed by atoms with Crippen molar-refractivity contribution in [2.75, 3.05) is 5.32 Å². The normalized spacial score (nSPS) is 13.0. The zero-order valence-corrected chi connectivity index (χ0v) is 16.6. The van der Waals surface area contributed by atoms with Crippen molar-refractivity contribution in [1.82, 2.24) is 9.78 Å². The molecule has 0 atom stereocenters. The topological polar surface area (TPSA) is 64.0 Å². The highest BCUT2D eigenvalue weighted by molar-refractivity contribution is 6.00. The fourth-order valence-corrected chi connectivity index (χ4v) is 3.86. The summed E-state index contributed by atoms with van der Waals surface area (Å²) in [6.07, 6.45) is 6.68. The highest BCUT2D eigenvalue weighted by atomic mass is 16.2. The Morgan fingerprint density at radius 2 is 1.83 bits per heavy atom. The molecule has 0 fully saturated rings. The molecule has 5 nitrogen and oxygen atoms in total. The van der Waals surface area contributed by atoms with Gasteiger partial charge in [0, 0.05) is 36.0 Å². The molecule has 0 aliphatic heterocycles. The maximum Gasteiger partial charge on any atom is 0.224 e. The maximum atomic E-state index is 12.5. The summed E-state index contributed by atoms with van der Waals surface area (Å²) in [7, 11) is 0. The summed E-state index contributed by atoms with van der Waals surface area (Å²) < 4.78 is 1.81. The Kier molecular flexibility index (Phi) is 5.56. The Hall–Kier alpha value is -3.21. The molecule has 1 N–H and O–H groups in total. The Balaban J connectivity index is 1.36. The van der Waals surface area contributed by atoms with Gasteiger partial charge < -0.3 is 5.32 Å². The molecule has 1 aliphatic rings. The standard InChI is InChI=1S/C24H25N3O2/c1-17-13-14-25-27(17)22-8-4-7-21(16-22)26-24(29)12-11-23(28)20-10-9-18-5-2-3-6-19(18)15-20/h4,7-10,13-16H,2-3,5-6,11-12H2,1H3,(H,26,29). The van der Waals surface area contributed by atoms with E-state index < -0.39 is 0 Å². The lowest BCUT2D eigenvalue weighted by Gasteiger charge is -2.16. The Morgan fingerprint density at radius 1 is 1.00 bits per heavy atom. The molecular formula is C24H25N3O2. The molecular weight excluding hydrogens is 362 g/mol. The zero-order valence-electron chi connectivity index (χ0n) is 16.6. The van der Waals surface area contributed by atoms with Crippen molar-refractivity contribution in [3.63, 3.8) is 0 Å². The first-order valence-electron chi connectivity index (χ1n) is 10.2. The number of rotatable bonds is 6. The molecule has 0 radical (unpaired) electrons. The fourth-order valence-electron chi connectivity index (χ4n) is 3.86. The van der Waals surface area contributed by atoms with Gasteiger partial charge in [-0.3, -0.25) is 9.59 Å². The van der Waals surface area contributed by atoms with Crippen molar-refractivity contribution >= 4 is 17.4 Å². The maximum absolute atomic E-state index is 12.5. The first kappa shape index (κ1) is 19.1. The van der Waals surface area contributed by atoms with E-state index >= 15 is 0 Å². The second-order valence-corrected chi connectivity index (χ2v) is 7.60. The van der Waals surface area contributed by atoms with Gasteiger partial charge in [-0.05, 0) is 74.1 Å². The Labute approximate surface area is 170 Å². The van der Waals surface area contributed by atoms with Gasteiger partial charge >= 0.3 is 0 Å². The van der Waals surface area contributed by atoms with Crippen LogP contribution in [-0.2, 0) is 17.6 Å². The van der Waals surface area contributed by atoms with Gasteiger partial charge in [-0.25, -0.2) is 4.68 Å². The van der Waals surface area contributed by atoms with Crippen LogP contribution in [0.25, 0.3) is 5.69 Å². The molecule has 4 rings (SSSR count). The summed E-state index contributed by atoms with van der Waals surface area (Å²) in [5.41, 5.74) is 5.97. The number of amides is 1. The monoisotopic (exact) mass is 387 g/mol. The number of carbonyl (C=O) groups is 2. The Morgan fingerprint density at radius 3 is 2.62 bits per heavy atom. The number of aryl methyl sites for hydroxylation is 3. The smallest absolute Gasteiger partial charge is 0.224 e. The van der Waals surface area contributed by atoms with Crippen molar-refractivity contribution in [3.8, 4) is 5.69 Å². The SMILES string of the molecule is Cc1ccnn1-c1cccc(NC(=O)CCC(=O)c2ccc3c(c2)CCCC3)c1. The second kappa shape index (κ2) is 8.43. The lowest BCUT2D eigenvalue weighted by molar-refractivity contribution is -0.116. The third kappa shape index (κ3) is 4.45. The van der Waals surface area contributed by atoms with Crippen LogP contribution in [0.15, 0.2) is 54.7 Å². The zero-order chi connectivity index (χ0) is 20.2. The molecule has 2 aromatic carbocycles. The average molecular weight is 387 g/mol. The van der Waals surface area contributed by atoms with Crippen LogP contribution in [-0.4, -0.2) is 21.5 Å². The number of fused-ring (bicyclic) bond motifs is 1. The van der Waals surface area contributed by atoms with Gasteiger partial charge in [0.05, 0.1) is 5.69 Å². The van der Waals surface area contributed by atoms with Gasteiger partial charge in [-0.2, -0.15) is 5.10 Å². The number of ketones is 1. The third-order valence-electron chi connectivity index (χ3n) is 5.46. The van der Waals surface area contributed by atoms with Crippen LogP contribution < -0.4 is 5.32 Å². The summed E-state index contributed by atoms with van der Waals surface area (Å²) in [6.45, 7) is 1.98. The van der Waals surface area contributed by atoms with Gasteiger partial charge in [0.2, 0.25) is 5.91 Å². The van der Waals surface area contributed by atoms with Crippen molar-refractivity contribution in [2.45, 2.75) is 45.4 Å². The van der Waals surface area contributed by atoms with Crippen LogP contribution in [0.3, 0.4) is 0 Å². The minimum Gasteiger partial charge on any atom is -0.326 e. The Bertz CT molecular complexity index is 1050. The molecule has 3 aromatic rings. The number of hydrogen-bond acceptors (Lipinski definition) is 3. The minimum absolute atomic E-state index is 0.0226. The second-order valence-electron chi connectivity index (χ2n) is 7.60. The predicted octanol–water partition coefficient (Wildman–Crippen LogP) is 4.66. The quantitative estimate of drug-likeness (QED) is 0.626. The largest absolute Gasteiger partial charge is 0.326 e. The number of nitrogens with one attached hydrogen (secondary N) is 1. The number of benzene rings is 2. The highest BCUT2D eigenvalue weighted by Crippen LogP contribution is 2.23. The van der Waals surface area contributed by atoms with E-state index in [9.17, 15) is 9.59 Å². The number of aromatic nitrogens is 2. The summed E-state index contributed by atoms with van der Waals surface area (Å²) in [5.74, 6) is -0.139. The molecule has 0 saturated heterocycles. The van der Waals surface area contributed by atoms with Crippen molar-refractivity contribution in [1.29, 1.82) is 0 Å². The van der Waals surface area contributed by atoms with Gasteiger partial charge in [-0.1, -0.05) is 18.2 Å². The van der Waals surface area contributed by atoms with Crippen LogP contribution in [0, 0.1) is 6.92 Å². The van der Waals surface area contributed by atoms with Crippen LogP contribution in [0.2, 0.25) is 0 Å². The highest BCUT2D eigenvalue weighted by Gasteiger charge is 2.14. The molecule has 1 aromatic heterocycles. The molecule has 0 spiro atoms. The molecule has 1 aliphatic carbocycles. The van der Waals surface area contributed by atoms with Crippen molar-refractivity contribution in [2.24, 2.45) is 0 Å². The fraction of sp³-hybridized carbons (Fsp3) is 0.292. The minimum atomic E-state index is -0.161. The first-order chi connectivity index (χ1) is 14.1. The van der Waals surface area contributed by atoms with E-state index in [1.165, 1.54) is 24.0 Å². The van der Waals surface area contributed by atoms with E-state index in [0.29, 0.717) is 5.69 Å². The van der Waals surface area contributed by atoms with E-state index in [2.05, 4.69) is 16.5 Å². The summed E-state index contributed by atoms with van der Waals surface area (Å²) >= 11 is 0. The summed E-state index contributed by atoms with van der Waals surface area (Å²) in [5, 5.41) is 7.18. The summed E-state index contributed by atoms with van der Waals surface area (Å²) in [6, 6.07) is 15.5. The van der Waals surface area contributed by atoms with Gasteiger partial charge in [0.1, 0.15) is 0 Å². The van der Waals surface area contributed by atoms with Crippen LogP contribution in [0.4, 0.5) is 5.69 Å². The lowest BCUT2D eigenvalue weighted by atomic mass is 9.89. The molecule has 5 heteroatoms. The molecule has 29 heavy (non-hydrogen) atoms. The van der Waals surface area contributed by atoms with E-state index in [4.69, 9.17) is 0 Å². The van der Waals surface area contributed by atoms with Crippen LogP contribution in [0.5, 0.6) is 0 Å². The van der Waals surface area contributed by atoms with Gasteiger partial charge in [0.25, 0.3) is 0 Å². The summed E-state index contributed by atoms with van der Waals surface area (Å²) in [4.78, 5) is 24.9. The third-order valence-corrected chi connectivity index (χ3v) is 5.46. The van der Waals surface area contributed by atoms with Crippen LogP contribution in [0.1, 0.15) is 52.9 Å². The number of anilines is 1. The molecule has 0 bridgehead atoms. The molecule has 1 heterocycles. The van der Waals surface area contributed by atoms with Gasteiger partial charge in [0.15, 0.2) is 5.78 Å². The average Bonchev–Trinajstić information content (AvgIpc) is 3.17. The van der Waals surface area contributed by atoms with Crippen molar-refractivity contribution < 1.29 is 9.59 Å². The van der Waals surface area contributed by atoms with E-state index in [-0.39, 0.29) is 24.5 Å². The molecule has 1 amide bonds. The number of nitrogens with zero attached hydrogens (tertiary/aromatic N) is 2. The first-order valence-corrected chi connectivity index (χ1v) is 10.2. The number of hydrogen-bond donors (Lipinski definition) is 1. The molecule has 0 saturated carbocycles. The number of Topliss-reactive ketones (excluding diaryl/α,β-unsaturated/α-hetero) is 1. The van der Waals surface area contributed by atoms with Crippen molar-refractivity contribution in [3.05, 3.63) is 77.1 Å². The lowest BCUT2D eigenvalue weighted by Crippen LogP contribution is -2.14. The number of carbonyl (C=O) groups excluding carboxylic acids is 2. The van der Waals surface area contributed by atoms with E-state index in [0.717, 1.165) is 29.8 Å². The van der Waals surface area contributed by atoms with E-state index in [1.54, 1.807) is 6.20 Å². The van der Waals surface area contributed by atoms with Crippen LogP contribution >= 0.6 is 0 Å². The van der Waals surface area contributed by atoms with Gasteiger partial charge in [-0.15, -0.1) is 0 Å². The van der Waals surface area contributed by atoms with E-state index in [1.807, 2.05) is 54.1 Å². The molecule has 148 valence electrons. The molecule has 0 unspecified atom stereocenters.